The molecule has 2 aromatic rings. The highest BCUT2D eigenvalue weighted by Gasteiger charge is 2.23. The Labute approximate surface area is 129 Å². The Kier molecular flexibility index (Phi) is 3.62. The van der Waals surface area contributed by atoms with E-state index < -0.39 is 10.0 Å². The second-order valence-corrected chi connectivity index (χ2v) is 6.96. The topological polar surface area (TPSA) is 66.5 Å². The molecule has 1 aliphatic heterocycles. The number of fused-ring (bicyclic) bond motifs is 1. The van der Waals surface area contributed by atoms with Gasteiger partial charge in [-0.15, -0.1) is 0 Å². The third kappa shape index (κ3) is 2.82. The van der Waals surface area contributed by atoms with Crippen molar-refractivity contribution in [3.63, 3.8) is 0 Å². The molecule has 0 bridgehead atoms. The Hall–Kier alpha value is -2.34. The Bertz CT molecular complexity index is 817. The summed E-state index contributed by atoms with van der Waals surface area (Å²) in [4.78, 5) is 13.3. The number of benzene rings is 2. The molecule has 0 atom stereocenters. The van der Waals surface area contributed by atoms with Crippen molar-refractivity contribution in [1.29, 1.82) is 0 Å². The van der Waals surface area contributed by atoms with Gasteiger partial charge in [-0.1, -0.05) is 24.3 Å². The van der Waals surface area contributed by atoms with Crippen LogP contribution in [0.25, 0.3) is 0 Å². The Morgan fingerprint density at radius 2 is 1.73 bits per heavy atom. The molecule has 3 rings (SSSR count). The molecule has 1 aliphatic rings. The maximum atomic E-state index is 12.4. The van der Waals surface area contributed by atoms with Gasteiger partial charge < -0.3 is 4.90 Å². The Balaban J connectivity index is 1.88. The zero-order valence-electron chi connectivity index (χ0n) is 12.1. The molecule has 0 radical (unpaired) electrons. The number of amides is 1. The highest BCUT2D eigenvalue weighted by atomic mass is 32.2. The summed E-state index contributed by atoms with van der Waals surface area (Å²) in [6.07, 6.45) is 0. The second kappa shape index (κ2) is 5.46. The van der Waals surface area contributed by atoms with Crippen molar-refractivity contribution < 1.29 is 13.2 Å². The summed E-state index contributed by atoms with van der Waals surface area (Å²) in [7, 11) is -3.63. The predicted molar refractivity (Wildman–Crippen MR) is 83.6 cm³/mol. The molecule has 114 valence electrons. The average Bonchev–Trinajstić information content (AvgIpc) is 2.91. The van der Waals surface area contributed by atoms with Crippen molar-refractivity contribution in [2.24, 2.45) is 0 Å². The van der Waals surface area contributed by atoms with Gasteiger partial charge in [-0.25, -0.2) is 8.42 Å². The molecule has 1 amide bonds. The molecule has 0 aliphatic carbocycles. The van der Waals surface area contributed by atoms with Crippen LogP contribution in [-0.2, 0) is 27.9 Å². The lowest BCUT2D eigenvalue weighted by molar-refractivity contribution is -0.129. The normalized spacial score (nSPS) is 13.8. The molecule has 0 saturated heterocycles. The van der Waals surface area contributed by atoms with Gasteiger partial charge in [0.15, 0.2) is 0 Å². The predicted octanol–water partition coefficient (Wildman–Crippen LogP) is 2.35. The van der Waals surface area contributed by atoms with Crippen molar-refractivity contribution in [3.8, 4) is 0 Å². The van der Waals surface area contributed by atoms with E-state index in [9.17, 15) is 13.2 Å². The summed E-state index contributed by atoms with van der Waals surface area (Å²) in [5.74, 6) is -0.0111. The fraction of sp³-hybridized carbons (Fsp3) is 0.188. The summed E-state index contributed by atoms with van der Waals surface area (Å²) in [5, 5.41) is 0. The van der Waals surface area contributed by atoms with E-state index >= 15 is 0 Å². The maximum absolute atomic E-state index is 12.4. The number of hydrogen-bond donors (Lipinski definition) is 1. The molecular formula is C16H16N2O3S. The molecule has 0 unspecified atom stereocenters. The van der Waals surface area contributed by atoms with Gasteiger partial charge in [0.1, 0.15) is 0 Å². The lowest BCUT2D eigenvalue weighted by Gasteiger charge is -2.11. The van der Waals surface area contributed by atoms with Crippen molar-refractivity contribution in [2.45, 2.75) is 24.9 Å². The summed E-state index contributed by atoms with van der Waals surface area (Å²) in [5.41, 5.74) is 2.40. The summed E-state index contributed by atoms with van der Waals surface area (Å²) in [6.45, 7) is 2.51. The van der Waals surface area contributed by atoms with Crippen molar-refractivity contribution >= 4 is 21.6 Å². The molecule has 1 N–H and O–H groups in total. The quantitative estimate of drug-likeness (QED) is 0.945. The van der Waals surface area contributed by atoms with Gasteiger partial charge >= 0.3 is 0 Å². The van der Waals surface area contributed by atoms with E-state index in [1.165, 1.54) is 6.92 Å². The van der Waals surface area contributed by atoms with Crippen LogP contribution in [0.1, 0.15) is 18.1 Å². The van der Waals surface area contributed by atoms with Crippen LogP contribution in [0, 0.1) is 0 Å². The van der Waals surface area contributed by atoms with Gasteiger partial charge in [0.2, 0.25) is 5.91 Å². The fourth-order valence-electron chi connectivity index (χ4n) is 2.48. The Morgan fingerprint density at radius 3 is 2.41 bits per heavy atom. The number of para-hydroxylation sites is 1. The summed E-state index contributed by atoms with van der Waals surface area (Å²) >= 11 is 0. The largest absolute Gasteiger partial charge is 0.334 e. The van der Waals surface area contributed by atoms with Gasteiger partial charge in [-0.3, -0.25) is 9.52 Å². The SMILES string of the molecule is CC(=O)N1Cc2ccc(S(=O)(=O)Nc3ccccc3)cc2C1. The maximum Gasteiger partial charge on any atom is 0.261 e. The van der Waals surface area contributed by atoms with E-state index in [-0.39, 0.29) is 10.8 Å². The molecule has 1 heterocycles. The third-order valence-corrected chi connectivity index (χ3v) is 5.06. The first-order valence-corrected chi connectivity index (χ1v) is 8.39. The number of nitrogens with zero attached hydrogens (tertiary/aromatic N) is 1. The minimum atomic E-state index is -3.63. The van der Waals surface area contributed by atoms with Crippen LogP contribution in [0.15, 0.2) is 53.4 Å². The Morgan fingerprint density at radius 1 is 1.05 bits per heavy atom. The third-order valence-electron chi connectivity index (χ3n) is 3.68. The van der Waals surface area contributed by atoms with Crippen molar-refractivity contribution in [2.75, 3.05) is 4.72 Å². The number of anilines is 1. The van der Waals surface area contributed by atoms with E-state index in [2.05, 4.69) is 4.72 Å². The van der Waals surface area contributed by atoms with Gasteiger partial charge in [0.05, 0.1) is 4.90 Å². The van der Waals surface area contributed by atoms with E-state index in [1.807, 2.05) is 6.07 Å². The summed E-state index contributed by atoms with van der Waals surface area (Å²) in [6, 6.07) is 13.8. The number of sulfonamides is 1. The molecule has 2 aromatic carbocycles. The number of hydrogen-bond acceptors (Lipinski definition) is 3. The molecule has 0 spiro atoms. The van der Waals surface area contributed by atoms with Crippen LogP contribution in [0.2, 0.25) is 0 Å². The van der Waals surface area contributed by atoms with E-state index in [4.69, 9.17) is 0 Å². The number of carbonyl (C=O) groups excluding carboxylic acids is 1. The zero-order valence-corrected chi connectivity index (χ0v) is 12.9. The van der Waals surface area contributed by atoms with Crippen LogP contribution in [0.5, 0.6) is 0 Å². The minimum Gasteiger partial charge on any atom is -0.334 e. The molecule has 22 heavy (non-hydrogen) atoms. The number of rotatable bonds is 3. The lowest BCUT2D eigenvalue weighted by Crippen LogP contribution is -2.21. The highest BCUT2D eigenvalue weighted by molar-refractivity contribution is 7.92. The van der Waals surface area contributed by atoms with Gasteiger partial charge in [-0.2, -0.15) is 0 Å². The van der Waals surface area contributed by atoms with E-state index in [0.29, 0.717) is 18.8 Å². The molecule has 0 saturated carbocycles. The van der Waals surface area contributed by atoms with Crippen molar-refractivity contribution in [3.05, 3.63) is 59.7 Å². The number of carbonyl (C=O) groups is 1. The molecule has 0 fully saturated rings. The van der Waals surface area contributed by atoms with Crippen LogP contribution >= 0.6 is 0 Å². The van der Waals surface area contributed by atoms with Gasteiger partial charge in [0.25, 0.3) is 10.0 Å². The van der Waals surface area contributed by atoms with Crippen LogP contribution < -0.4 is 4.72 Å². The smallest absolute Gasteiger partial charge is 0.261 e. The van der Waals surface area contributed by atoms with Crippen LogP contribution in [-0.4, -0.2) is 19.2 Å². The lowest BCUT2D eigenvalue weighted by atomic mass is 10.1. The molecule has 6 heteroatoms. The zero-order chi connectivity index (χ0) is 15.7. The van der Waals surface area contributed by atoms with Gasteiger partial charge in [0, 0.05) is 25.7 Å². The van der Waals surface area contributed by atoms with Gasteiger partial charge in [-0.05, 0) is 35.4 Å². The first kappa shape index (κ1) is 14.6. The summed E-state index contributed by atoms with van der Waals surface area (Å²) < 4.78 is 27.4. The van der Waals surface area contributed by atoms with E-state index in [1.54, 1.807) is 47.4 Å². The monoisotopic (exact) mass is 316 g/mol. The average molecular weight is 316 g/mol. The van der Waals surface area contributed by atoms with Crippen molar-refractivity contribution in [1.82, 2.24) is 4.90 Å². The van der Waals surface area contributed by atoms with E-state index in [0.717, 1.165) is 11.1 Å². The molecule has 0 aromatic heterocycles. The fourth-order valence-corrected chi connectivity index (χ4v) is 3.59. The van der Waals surface area contributed by atoms with Crippen LogP contribution in [0.3, 0.4) is 0 Å². The molecular weight excluding hydrogens is 300 g/mol. The van der Waals surface area contributed by atoms with Crippen LogP contribution in [0.4, 0.5) is 5.69 Å². The first-order valence-electron chi connectivity index (χ1n) is 6.91. The minimum absolute atomic E-state index is 0.0111. The standard InChI is InChI=1S/C16H16N2O3S/c1-12(19)18-10-13-7-8-16(9-14(13)11-18)22(20,21)17-15-5-3-2-4-6-15/h2-9,17H,10-11H2,1H3. The molecule has 5 nitrogen and oxygen atoms in total. The second-order valence-electron chi connectivity index (χ2n) is 5.28. The highest BCUT2D eigenvalue weighted by Crippen LogP contribution is 2.26. The number of nitrogens with one attached hydrogen (secondary N) is 1. The first-order chi connectivity index (χ1) is 10.5.